The predicted octanol–water partition coefficient (Wildman–Crippen LogP) is 2.28. The van der Waals surface area contributed by atoms with Crippen molar-refractivity contribution in [2.75, 3.05) is 13.2 Å². The van der Waals surface area contributed by atoms with Crippen LogP contribution in [0.4, 0.5) is 4.39 Å². The molecule has 0 unspecified atom stereocenters. The average molecular weight is 261 g/mol. The van der Waals surface area contributed by atoms with Gasteiger partial charge in [0.05, 0.1) is 12.0 Å². The maximum absolute atomic E-state index is 12.3. The second-order valence-electron chi connectivity index (χ2n) is 4.12. The summed E-state index contributed by atoms with van der Waals surface area (Å²) in [7, 11) is 1.89. The van der Waals surface area contributed by atoms with Crippen LogP contribution in [0.1, 0.15) is 0 Å². The van der Waals surface area contributed by atoms with E-state index in [-0.39, 0.29) is 13.2 Å². The van der Waals surface area contributed by atoms with E-state index < -0.39 is 0 Å². The van der Waals surface area contributed by atoms with E-state index in [1.807, 2.05) is 37.4 Å². The van der Waals surface area contributed by atoms with Gasteiger partial charge in [0.2, 0.25) is 0 Å². The molecule has 1 aromatic heterocycles. The lowest BCUT2D eigenvalue weighted by molar-refractivity contribution is 0.347. The monoisotopic (exact) mass is 261 g/mol. The van der Waals surface area contributed by atoms with Crippen LogP contribution < -0.4 is 10.5 Å². The second kappa shape index (κ2) is 6.15. The maximum Gasteiger partial charge on any atom is 0.119 e. The lowest BCUT2D eigenvalue weighted by Gasteiger charge is -2.08. The first kappa shape index (κ1) is 13.3. The van der Waals surface area contributed by atoms with Gasteiger partial charge in [-0.15, -0.1) is 0 Å². The number of hydrogen-bond donors (Lipinski definition) is 1. The Morgan fingerprint density at radius 2 is 2.11 bits per heavy atom. The minimum Gasteiger partial charge on any atom is -0.489 e. The molecule has 4 nitrogen and oxygen atoms in total. The Labute approximate surface area is 111 Å². The third kappa shape index (κ3) is 3.20. The lowest BCUT2D eigenvalue weighted by atomic mass is 10.1. The van der Waals surface area contributed by atoms with Crippen molar-refractivity contribution in [2.24, 2.45) is 12.8 Å². The number of aryl methyl sites for hydroxylation is 1. The normalized spacial score (nSPS) is 11.6. The maximum atomic E-state index is 12.3. The Hall–Kier alpha value is -2.14. The number of aromatic nitrogens is 2. The summed E-state index contributed by atoms with van der Waals surface area (Å²) in [5, 5.41) is 4.12. The van der Waals surface area contributed by atoms with Gasteiger partial charge in [-0.05, 0) is 30.3 Å². The molecule has 0 saturated heterocycles. The van der Waals surface area contributed by atoms with Gasteiger partial charge in [-0.25, -0.2) is 4.39 Å². The molecule has 0 aliphatic rings. The zero-order valence-corrected chi connectivity index (χ0v) is 10.7. The molecule has 1 aromatic carbocycles. The van der Waals surface area contributed by atoms with Gasteiger partial charge in [-0.1, -0.05) is 0 Å². The van der Waals surface area contributed by atoms with E-state index in [0.717, 1.165) is 11.3 Å². The third-order valence-electron chi connectivity index (χ3n) is 2.81. The molecule has 2 N–H and O–H groups in total. The largest absolute Gasteiger partial charge is 0.489 e. The SMILES string of the molecule is Cn1nccc1-c1ccc(OC/C(=C\F)CN)cc1. The van der Waals surface area contributed by atoms with Crippen LogP contribution in [0.15, 0.2) is 48.4 Å². The standard InChI is InChI=1S/C14H16FN3O/c1-18-14(6-7-17-18)12-2-4-13(5-3-12)19-10-11(8-15)9-16/h2-8H,9-10,16H2,1H3/b11-8-. The third-order valence-corrected chi connectivity index (χ3v) is 2.81. The van der Waals surface area contributed by atoms with Gasteiger partial charge >= 0.3 is 0 Å². The van der Waals surface area contributed by atoms with Gasteiger partial charge in [0.15, 0.2) is 0 Å². The Balaban J connectivity index is 2.05. The Bertz CT molecular complexity index is 560. The van der Waals surface area contributed by atoms with Crippen LogP contribution in [0.2, 0.25) is 0 Å². The lowest BCUT2D eigenvalue weighted by Crippen LogP contribution is -2.10. The van der Waals surface area contributed by atoms with Crippen molar-refractivity contribution in [3.8, 4) is 17.0 Å². The summed E-state index contributed by atoms with van der Waals surface area (Å²) in [5.74, 6) is 0.679. The first-order valence-corrected chi connectivity index (χ1v) is 5.94. The van der Waals surface area contributed by atoms with Crippen LogP contribution in [0.3, 0.4) is 0 Å². The van der Waals surface area contributed by atoms with Crippen LogP contribution in [-0.2, 0) is 7.05 Å². The summed E-state index contributed by atoms with van der Waals surface area (Å²) in [6.07, 6.45) is 2.24. The van der Waals surface area contributed by atoms with E-state index in [2.05, 4.69) is 5.10 Å². The molecule has 0 bridgehead atoms. The fourth-order valence-electron chi connectivity index (χ4n) is 1.69. The summed E-state index contributed by atoms with van der Waals surface area (Å²) in [4.78, 5) is 0. The summed E-state index contributed by atoms with van der Waals surface area (Å²) in [6.45, 7) is 0.321. The molecule has 100 valence electrons. The molecule has 0 saturated carbocycles. The van der Waals surface area contributed by atoms with Crippen LogP contribution in [-0.4, -0.2) is 22.9 Å². The smallest absolute Gasteiger partial charge is 0.119 e. The minimum absolute atomic E-state index is 0.156. The fourth-order valence-corrected chi connectivity index (χ4v) is 1.69. The molecule has 5 heteroatoms. The highest BCUT2D eigenvalue weighted by molar-refractivity contribution is 5.60. The van der Waals surface area contributed by atoms with Crippen molar-refractivity contribution < 1.29 is 9.13 Å². The molecule has 0 aliphatic carbocycles. The second-order valence-corrected chi connectivity index (χ2v) is 4.12. The van der Waals surface area contributed by atoms with Gasteiger partial charge in [0.1, 0.15) is 12.4 Å². The predicted molar refractivity (Wildman–Crippen MR) is 72.4 cm³/mol. The number of halogens is 1. The summed E-state index contributed by atoms with van der Waals surface area (Å²) >= 11 is 0. The van der Waals surface area contributed by atoms with Crippen molar-refractivity contribution in [1.82, 2.24) is 9.78 Å². The van der Waals surface area contributed by atoms with E-state index in [9.17, 15) is 4.39 Å². The van der Waals surface area contributed by atoms with Crippen LogP contribution >= 0.6 is 0 Å². The number of benzene rings is 1. The molecule has 2 aromatic rings. The molecule has 0 spiro atoms. The Kier molecular flexibility index (Phi) is 4.30. The van der Waals surface area contributed by atoms with Crippen molar-refractivity contribution in [3.05, 3.63) is 48.4 Å². The number of nitrogens with zero attached hydrogens (tertiary/aromatic N) is 2. The molecule has 2 rings (SSSR count). The van der Waals surface area contributed by atoms with Gasteiger partial charge in [-0.2, -0.15) is 5.10 Å². The zero-order chi connectivity index (χ0) is 13.7. The molecule has 19 heavy (non-hydrogen) atoms. The van der Waals surface area contributed by atoms with Gasteiger partial charge in [0, 0.05) is 30.9 Å². The first-order valence-electron chi connectivity index (χ1n) is 5.94. The fraction of sp³-hybridized carbons (Fsp3) is 0.214. The zero-order valence-electron chi connectivity index (χ0n) is 10.7. The van der Waals surface area contributed by atoms with Crippen LogP contribution in [0.5, 0.6) is 5.75 Å². The van der Waals surface area contributed by atoms with Gasteiger partial charge in [0.25, 0.3) is 0 Å². The van der Waals surface area contributed by atoms with Crippen molar-refractivity contribution >= 4 is 0 Å². The van der Waals surface area contributed by atoms with E-state index in [0.29, 0.717) is 17.7 Å². The van der Waals surface area contributed by atoms with Crippen molar-refractivity contribution in [1.29, 1.82) is 0 Å². The van der Waals surface area contributed by atoms with Crippen LogP contribution in [0.25, 0.3) is 11.3 Å². The molecule has 0 radical (unpaired) electrons. The minimum atomic E-state index is 0.156. The van der Waals surface area contributed by atoms with Crippen LogP contribution in [0, 0.1) is 0 Å². The summed E-state index contributed by atoms with van der Waals surface area (Å²) in [6, 6.07) is 9.50. The van der Waals surface area contributed by atoms with Gasteiger partial charge < -0.3 is 10.5 Å². The Morgan fingerprint density at radius 1 is 1.37 bits per heavy atom. The van der Waals surface area contributed by atoms with E-state index in [1.165, 1.54) is 0 Å². The summed E-state index contributed by atoms with van der Waals surface area (Å²) in [5.41, 5.74) is 7.86. The van der Waals surface area contributed by atoms with Crippen molar-refractivity contribution in [3.63, 3.8) is 0 Å². The molecule has 0 atom stereocenters. The number of ether oxygens (including phenoxy) is 1. The average Bonchev–Trinajstić information content (AvgIpc) is 2.87. The first-order chi connectivity index (χ1) is 9.24. The van der Waals surface area contributed by atoms with Gasteiger partial charge in [-0.3, -0.25) is 4.68 Å². The Morgan fingerprint density at radius 3 is 2.63 bits per heavy atom. The highest BCUT2D eigenvalue weighted by atomic mass is 19.1. The van der Waals surface area contributed by atoms with E-state index in [4.69, 9.17) is 10.5 Å². The van der Waals surface area contributed by atoms with E-state index in [1.54, 1.807) is 10.9 Å². The quantitative estimate of drug-likeness (QED) is 0.898. The topological polar surface area (TPSA) is 53.1 Å². The molecule has 0 amide bonds. The number of hydrogen-bond acceptors (Lipinski definition) is 3. The molecular weight excluding hydrogens is 245 g/mol. The highest BCUT2D eigenvalue weighted by Gasteiger charge is 2.03. The number of rotatable bonds is 5. The molecule has 0 aliphatic heterocycles. The van der Waals surface area contributed by atoms with Crippen molar-refractivity contribution in [2.45, 2.75) is 0 Å². The molecule has 1 heterocycles. The summed E-state index contributed by atoms with van der Waals surface area (Å²) < 4.78 is 19.6. The molecular formula is C14H16FN3O. The number of nitrogens with two attached hydrogens (primary N) is 1. The molecule has 0 fully saturated rings. The van der Waals surface area contributed by atoms with E-state index >= 15 is 0 Å². The highest BCUT2D eigenvalue weighted by Crippen LogP contribution is 2.21.